The summed E-state index contributed by atoms with van der Waals surface area (Å²) in [7, 11) is 1.44. The molecule has 0 unspecified atom stereocenters. The van der Waals surface area contributed by atoms with Gasteiger partial charge in [0.15, 0.2) is 0 Å². The quantitative estimate of drug-likeness (QED) is 0.688. The standard InChI is InChI=1S/C9H18N2O4/c1-6(7(12)15-10)11(5)8(13)14-9(2,3)4/h6H,10H2,1-5H3/t6-/m1/s1. The minimum atomic E-state index is -0.773. The highest BCUT2D eigenvalue weighted by atomic mass is 16.7. The molecule has 0 aromatic rings. The van der Waals surface area contributed by atoms with E-state index in [1.165, 1.54) is 14.0 Å². The molecule has 6 heteroatoms. The van der Waals surface area contributed by atoms with Gasteiger partial charge in [-0.3, -0.25) is 4.90 Å². The second-order valence-corrected chi connectivity index (χ2v) is 4.20. The lowest BCUT2D eigenvalue weighted by Gasteiger charge is -2.27. The molecular weight excluding hydrogens is 200 g/mol. The fourth-order valence-corrected chi connectivity index (χ4v) is 0.749. The van der Waals surface area contributed by atoms with E-state index in [1.54, 1.807) is 20.8 Å². The van der Waals surface area contributed by atoms with E-state index in [1.807, 2.05) is 0 Å². The first-order chi connectivity index (χ1) is 6.69. The zero-order valence-corrected chi connectivity index (χ0v) is 9.73. The predicted molar refractivity (Wildman–Crippen MR) is 53.7 cm³/mol. The van der Waals surface area contributed by atoms with E-state index in [9.17, 15) is 9.59 Å². The second kappa shape index (κ2) is 4.97. The Kier molecular flexibility index (Phi) is 4.54. The van der Waals surface area contributed by atoms with Gasteiger partial charge in [0.05, 0.1) is 0 Å². The molecule has 15 heavy (non-hydrogen) atoms. The highest BCUT2D eigenvalue weighted by Gasteiger charge is 2.27. The van der Waals surface area contributed by atoms with Crippen LogP contribution in [-0.2, 0) is 14.4 Å². The Balaban J connectivity index is 4.39. The number of carbonyl (C=O) groups is 2. The van der Waals surface area contributed by atoms with Crippen molar-refractivity contribution in [1.29, 1.82) is 0 Å². The molecule has 0 aromatic carbocycles. The monoisotopic (exact) mass is 218 g/mol. The summed E-state index contributed by atoms with van der Waals surface area (Å²) in [4.78, 5) is 27.7. The molecule has 0 saturated heterocycles. The fraction of sp³-hybridized carbons (Fsp3) is 0.778. The lowest BCUT2D eigenvalue weighted by molar-refractivity contribution is -0.149. The van der Waals surface area contributed by atoms with Crippen LogP contribution in [0.5, 0.6) is 0 Å². The van der Waals surface area contributed by atoms with Crippen molar-refractivity contribution in [3.05, 3.63) is 0 Å². The maximum absolute atomic E-state index is 11.5. The van der Waals surface area contributed by atoms with E-state index < -0.39 is 23.7 Å². The maximum Gasteiger partial charge on any atom is 0.410 e. The zero-order chi connectivity index (χ0) is 12.2. The van der Waals surface area contributed by atoms with Gasteiger partial charge in [-0.25, -0.2) is 9.59 Å². The molecule has 0 radical (unpaired) electrons. The van der Waals surface area contributed by atoms with Crippen LogP contribution in [0.3, 0.4) is 0 Å². The van der Waals surface area contributed by atoms with Crippen LogP contribution in [0, 0.1) is 0 Å². The van der Waals surface area contributed by atoms with Crippen molar-refractivity contribution in [3.63, 3.8) is 0 Å². The summed E-state index contributed by atoms with van der Waals surface area (Å²) in [5, 5.41) is 0. The Bertz CT molecular complexity index is 247. The van der Waals surface area contributed by atoms with Crippen molar-refractivity contribution in [3.8, 4) is 0 Å². The Morgan fingerprint density at radius 1 is 1.33 bits per heavy atom. The van der Waals surface area contributed by atoms with E-state index in [4.69, 9.17) is 10.6 Å². The summed E-state index contributed by atoms with van der Waals surface area (Å²) in [5.41, 5.74) is -0.600. The highest BCUT2D eigenvalue weighted by molar-refractivity contribution is 5.80. The van der Waals surface area contributed by atoms with Crippen molar-refractivity contribution in [2.24, 2.45) is 5.90 Å². The first-order valence-corrected chi connectivity index (χ1v) is 4.55. The Morgan fingerprint density at radius 2 is 1.80 bits per heavy atom. The van der Waals surface area contributed by atoms with Crippen molar-refractivity contribution in [1.82, 2.24) is 4.90 Å². The van der Waals surface area contributed by atoms with Crippen molar-refractivity contribution in [2.75, 3.05) is 7.05 Å². The lowest BCUT2D eigenvalue weighted by atomic mass is 10.2. The number of rotatable bonds is 2. The van der Waals surface area contributed by atoms with E-state index in [0.717, 1.165) is 4.90 Å². The highest BCUT2D eigenvalue weighted by Crippen LogP contribution is 2.10. The van der Waals surface area contributed by atoms with Gasteiger partial charge in [0.2, 0.25) is 0 Å². The molecule has 0 aliphatic rings. The normalized spacial score (nSPS) is 12.9. The van der Waals surface area contributed by atoms with Gasteiger partial charge in [-0.05, 0) is 27.7 Å². The summed E-state index contributed by atoms with van der Waals surface area (Å²) in [6.45, 7) is 6.72. The average Bonchev–Trinajstić information content (AvgIpc) is 2.11. The van der Waals surface area contributed by atoms with Crippen LogP contribution in [0.2, 0.25) is 0 Å². The van der Waals surface area contributed by atoms with Gasteiger partial charge in [0.25, 0.3) is 0 Å². The number of ether oxygens (including phenoxy) is 1. The summed E-state index contributed by atoms with van der Waals surface area (Å²) in [5.74, 6) is 4.02. The molecule has 0 aliphatic heterocycles. The Morgan fingerprint density at radius 3 is 2.13 bits per heavy atom. The van der Waals surface area contributed by atoms with Gasteiger partial charge in [0, 0.05) is 7.05 Å². The third kappa shape index (κ3) is 4.64. The van der Waals surface area contributed by atoms with Crippen molar-refractivity contribution in [2.45, 2.75) is 39.3 Å². The number of nitrogens with zero attached hydrogens (tertiary/aromatic N) is 1. The number of hydrogen-bond donors (Lipinski definition) is 1. The van der Waals surface area contributed by atoms with Crippen LogP contribution in [-0.4, -0.2) is 35.7 Å². The molecule has 0 fully saturated rings. The minimum Gasteiger partial charge on any atom is -0.444 e. The minimum absolute atomic E-state index is 0.597. The summed E-state index contributed by atoms with van der Waals surface area (Å²) >= 11 is 0. The number of hydrogen-bond acceptors (Lipinski definition) is 5. The maximum atomic E-state index is 11.5. The number of carbonyl (C=O) groups excluding carboxylic acids is 2. The van der Waals surface area contributed by atoms with E-state index in [-0.39, 0.29) is 0 Å². The molecule has 0 aliphatic carbocycles. The van der Waals surface area contributed by atoms with E-state index in [2.05, 4.69) is 4.84 Å². The molecule has 0 heterocycles. The summed E-state index contributed by atoms with van der Waals surface area (Å²) in [6, 6.07) is -0.773. The van der Waals surface area contributed by atoms with Crippen molar-refractivity contribution >= 4 is 12.1 Å². The zero-order valence-electron chi connectivity index (χ0n) is 9.73. The average molecular weight is 218 g/mol. The van der Waals surface area contributed by atoms with Gasteiger partial charge < -0.3 is 9.57 Å². The van der Waals surface area contributed by atoms with Gasteiger partial charge >= 0.3 is 12.1 Å². The van der Waals surface area contributed by atoms with Crippen LogP contribution >= 0.6 is 0 Å². The van der Waals surface area contributed by atoms with E-state index in [0.29, 0.717) is 0 Å². The molecule has 0 aromatic heterocycles. The van der Waals surface area contributed by atoms with Gasteiger partial charge in [-0.1, -0.05) is 0 Å². The molecular formula is C9H18N2O4. The number of likely N-dealkylation sites (N-methyl/N-ethyl adjacent to an activating group) is 1. The largest absolute Gasteiger partial charge is 0.444 e. The van der Waals surface area contributed by atoms with Crippen LogP contribution in [0.1, 0.15) is 27.7 Å². The molecule has 1 amide bonds. The third-order valence-electron chi connectivity index (χ3n) is 1.72. The topological polar surface area (TPSA) is 81.9 Å². The summed E-state index contributed by atoms with van der Waals surface area (Å²) < 4.78 is 5.05. The van der Waals surface area contributed by atoms with Gasteiger partial charge in [0.1, 0.15) is 11.6 Å². The second-order valence-electron chi connectivity index (χ2n) is 4.20. The number of nitrogens with two attached hydrogens (primary N) is 1. The third-order valence-corrected chi connectivity index (χ3v) is 1.72. The van der Waals surface area contributed by atoms with Crippen LogP contribution in [0.15, 0.2) is 0 Å². The van der Waals surface area contributed by atoms with Crippen LogP contribution in [0.25, 0.3) is 0 Å². The first-order valence-electron chi connectivity index (χ1n) is 4.55. The molecule has 0 saturated carbocycles. The molecule has 2 N–H and O–H groups in total. The lowest BCUT2D eigenvalue weighted by Crippen LogP contribution is -2.44. The molecule has 0 rings (SSSR count). The summed E-state index contributed by atoms with van der Waals surface area (Å²) in [6.07, 6.45) is -0.597. The molecule has 0 spiro atoms. The van der Waals surface area contributed by atoms with E-state index >= 15 is 0 Å². The van der Waals surface area contributed by atoms with Crippen LogP contribution in [0.4, 0.5) is 4.79 Å². The predicted octanol–water partition coefficient (Wildman–Crippen LogP) is 0.659. The fourth-order valence-electron chi connectivity index (χ4n) is 0.749. The van der Waals surface area contributed by atoms with Gasteiger partial charge in [-0.15, -0.1) is 0 Å². The first kappa shape index (κ1) is 13.7. The SMILES string of the molecule is C[C@H](C(=O)ON)N(C)C(=O)OC(C)(C)C. The Hall–Kier alpha value is -1.30. The molecule has 0 bridgehead atoms. The Labute approximate surface area is 89.3 Å². The molecule has 88 valence electrons. The molecule has 1 atom stereocenters. The smallest absolute Gasteiger partial charge is 0.410 e. The number of amides is 1. The van der Waals surface area contributed by atoms with Gasteiger partial charge in [-0.2, -0.15) is 5.90 Å². The molecule has 6 nitrogen and oxygen atoms in total. The van der Waals surface area contributed by atoms with Crippen LogP contribution < -0.4 is 5.90 Å². The van der Waals surface area contributed by atoms with Crippen molar-refractivity contribution < 1.29 is 19.2 Å².